The van der Waals surface area contributed by atoms with E-state index in [4.69, 9.17) is 0 Å². The topological polar surface area (TPSA) is 81.8 Å². The Labute approximate surface area is 206 Å². The molecule has 2 aromatic rings. The number of piperidine rings is 2. The largest absolute Gasteiger partial charge is 0.329 e. The van der Waals surface area contributed by atoms with Crippen LogP contribution < -0.4 is 10.6 Å². The van der Waals surface area contributed by atoms with Crippen LogP contribution in [0.3, 0.4) is 0 Å². The minimum atomic E-state index is -0.417. The van der Waals surface area contributed by atoms with Gasteiger partial charge >= 0.3 is 0 Å². The first-order valence-electron chi connectivity index (χ1n) is 12.4. The second-order valence-electron chi connectivity index (χ2n) is 9.93. The molecule has 0 aromatic heterocycles. The lowest BCUT2D eigenvalue weighted by Gasteiger charge is -2.32. The van der Waals surface area contributed by atoms with Gasteiger partial charge in [0.25, 0.3) is 5.91 Å². The number of likely N-dealkylation sites (tertiary alicyclic amines) is 1. The molecule has 3 aliphatic heterocycles. The number of benzene rings is 2. The molecule has 0 spiro atoms. The van der Waals surface area contributed by atoms with E-state index in [1.807, 2.05) is 18.2 Å². The maximum absolute atomic E-state index is 13.0. The Kier molecular flexibility index (Phi) is 6.43. The van der Waals surface area contributed by atoms with Crippen molar-refractivity contribution >= 4 is 23.4 Å². The zero-order chi connectivity index (χ0) is 24.5. The molecule has 0 saturated carbocycles. The molecule has 3 amide bonds. The number of fused-ring (bicyclic) bond motifs is 1. The smallest absolute Gasteiger partial charge is 0.255 e. The molecule has 182 valence electrons. The molecule has 0 radical (unpaired) electrons. The van der Waals surface area contributed by atoms with Gasteiger partial charge in [-0.1, -0.05) is 30.8 Å². The third kappa shape index (κ3) is 5.00. The van der Waals surface area contributed by atoms with Crippen LogP contribution in [-0.2, 0) is 22.7 Å². The van der Waals surface area contributed by atoms with Crippen LogP contribution in [0, 0.1) is 0 Å². The lowest BCUT2D eigenvalue weighted by molar-refractivity contribution is -0.126. The summed E-state index contributed by atoms with van der Waals surface area (Å²) in [5, 5.41) is 5.60. The van der Waals surface area contributed by atoms with Gasteiger partial charge in [-0.3, -0.25) is 19.3 Å². The summed E-state index contributed by atoms with van der Waals surface area (Å²) in [6.45, 7) is 8.79. The third-order valence-electron chi connectivity index (χ3n) is 7.40. The Morgan fingerprint density at radius 1 is 1.09 bits per heavy atom. The normalized spacial score (nSPS) is 21.1. The van der Waals surface area contributed by atoms with E-state index in [2.05, 4.69) is 46.4 Å². The number of carbonyl (C=O) groups is 3. The van der Waals surface area contributed by atoms with E-state index in [1.54, 1.807) is 4.90 Å². The first-order valence-corrected chi connectivity index (χ1v) is 12.4. The van der Waals surface area contributed by atoms with Crippen LogP contribution >= 0.6 is 0 Å². The third-order valence-corrected chi connectivity index (χ3v) is 7.40. The van der Waals surface area contributed by atoms with E-state index in [-0.39, 0.29) is 17.7 Å². The fourth-order valence-corrected chi connectivity index (χ4v) is 5.51. The number of nitrogens with one attached hydrogen (secondary N) is 2. The highest BCUT2D eigenvalue weighted by atomic mass is 16.2. The summed E-state index contributed by atoms with van der Waals surface area (Å²) in [7, 11) is 0. The molecule has 3 aliphatic rings. The highest BCUT2D eigenvalue weighted by Gasteiger charge is 2.38. The SMILES string of the molecule is C=C1CCC(N2Cc3cc(C4CCN(Cc5ccc(NC(C)=O)cc5)CC4)ccc3C2=O)C(=O)N1. The molecule has 7 heteroatoms. The fraction of sp³-hybridized carbons (Fsp3) is 0.393. The molecular formula is C28H32N4O3. The van der Waals surface area contributed by atoms with E-state index >= 15 is 0 Å². The predicted molar refractivity (Wildman–Crippen MR) is 135 cm³/mol. The van der Waals surface area contributed by atoms with Crippen molar-refractivity contribution in [3.8, 4) is 0 Å². The molecule has 0 bridgehead atoms. The van der Waals surface area contributed by atoms with Gasteiger partial charge in [-0.15, -0.1) is 0 Å². The summed E-state index contributed by atoms with van der Waals surface area (Å²) in [5.74, 6) is 0.247. The minimum Gasteiger partial charge on any atom is -0.329 e. The zero-order valence-corrected chi connectivity index (χ0v) is 20.2. The minimum absolute atomic E-state index is 0.0430. The van der Waals surface area contributed by atoms with Crippen molar-refractivity contribution in [3.05, 3.63) is 77.0 Å². The van der Waals surface area contributed by atoms with Crippen LogP contribution in [0.15, 0.2) is 54.7 Å². The quantitative estimate of drug-likeness (QED) is 0.694. The highest BCUT2D eigenvalue weighted by molar-refractivity contribution is 6.01. The van der Waals surface area contributed by atoms with Crippen molar-refractivity contribution < 1.29 is 14.4 Å². The molecule has 0 aliphatic carbocycles. The number of amides is 3. The van der Waals surface area contributed by atoms with E-state index in [9.17, 15) is 14.4 Å². The molecule has 2 saturated heterocycles. The summed E-state index contributed by atoms with van der Waals surface area (Å²) in [4.78, 5) is 40.8. The number of carbonyl (C=O) groups excluding carboxylic acids is 3. The molecule has 7 nitrogen and oxygen atoms in total. The van der Waals surface area contributed by atoms with Gasteiger partial charge in [0.2, 0.25) is 11.8 Å². The molecule has 2 fully saturated rings. The number of hydrogen-bond acceptors (Lipinski definition) is 4. The first-order chi connectivity index (χ1) is 16.9. The van der Waals surface area contributed by atoms with E-state index in [0.29, 0.717) is 25.3 Å². The van der Waals surface area contributed by atoms with Gasteiger partial charge in [0, 0.05) is 37.0 Å². The summed E-state index contributed by atoms with van der Waals surface area (Å²) in [6, 6.07) is 13.9. The summed E-state index contributed by atoms with van der Waals surface area (Å²) >= 11 is 0. The Morgan fingerprint density at radius 2 is 1.83 bits per heavy atom. The maximum Gasteiger partial charge on any atom is 0.255 e. The van der Waals surface area contributed by atoms with Crippen molar-refractivity contribution in [2.75, 3.05) is 18.4 Å². The number of hydrogen-bond donors (Lipinski definition) is 2. The van der Waals surface area contributed by atoms with Gasteiger partial charge in [-0.05, 0) is 79.6 Å². The number of allylic oxidation sites excluding steroid dienone is 1. The van der Waals surface area contributed by atoms with E-state index in [1.165, 1.54) is 18.1 Å². The van der Waals surface area contributed by atoms with Gasteiger partial charge in [-0.2, -0.15) is 0 Å². The average Bonchev–Trinajstić information content (AvgIpc) is 3.16. The van der Waals surface area contributed by atoms with Gasteiger partial charge in [-0.25, -0.2) is 0 Å². The molecule has 5 rings (SSSR count). The maximum atomic E-state index is 13.0. The van der Waals surface area contributed by atoms with E-state index < -0.39 is 6.04 Å². The Morgan fingerprint density at radius 3 is 2.51 bits per heavy atom. The Hall–Kier alpha value is -3.45. The molecule has 3 heterocycles. The van der Waals surface area contributed by atoms with E-state index in [0.717, 1.165) is 55.0 Å². The molecular weight excluding hydrogens is 440 g/mol. The summed E-state index contributed by atoms with van der Waals surface area (Å²) in [5.41, 5.74) is 5.84. The second-order valence-corrected chi connectivity index (χ2v) is 9.93. The van der Waals surface area contributed by atoms with Crippen LogP contribution in [0.4, 0.5) is 5.69 Å². The van der Waals surface area contributed by atoms with Crippen LogP contribution in [0.2, 0.25) is 0 Å². The Balaban J connectivity index is 1.18. The molecule has 2 N–H and O–H groups in total. The summed E-state index contributed by atoms with van der Waals surface area (Å²) in [6.07, 6.45) is 3.49. The van der Waals surface area contributed by atoms with Crippen molar-refractivity contribution in [2.45, 2.75) is 57.7 Å². The monoisotopic (exact) mass is 472 g/mol. The van der Waals surface area contributed by atoms with Gasteiger partial charge in [0.1, 0.15) is 6.04 Å². The lowest BCUT2D eigenvalue weighted by Crippen LogP contribution is -2.49. The number of anilines is 1. The lowest BCUT2D eigenvalue weighted by atomic mass is 9.87. The molecule has 1 unspecified atom stereocenters. The van der Waals surface area contributed by atoms with Crippen molar-refractivity contribution in [3.63, 3.8) is 0 Å². The zero-order valence-electron chi connectivity index (χ0n) is 20.2. The molecule has 35 heavy (non-hydrogen) atoms. The highest BCUT2D eigenvalue weighted by Crippen LogP contribution is 2.34. The van der Waals surface area contributed by atoms with Gasteiger partial charge in [0.05, 0.1) is 0 Å². The van der Waals surface area contributed by atoms with Crippen molar-refractivity contribution in [1.29, 1.82) is 0 Å². The van der Waals surface area contributed by atoms with Crippen LogP contribution in [-0.4, -0.2) is 46.7 Å². The predicted octanol–water partition coefficient (Wildman–Crippen LogP) is 3.77. The molecule has 1 atom stereocenters. The summed E-state index contributed by atoms with van der Waals surface area (Å²) < 4.78 is 0. The first kappa shape index (κ1) is 23.3. The second kappa shape index (κ2) is 9.66. The van der Waals surface area contributed by atoms with Crippen molar-refractivity contribution in [2.24, 2.45) is 0 Å². The average molecular weight is 473 g/mol. The van der Waals surface area contributed by atoms with Crippen LogP contribution in [0.25, 0.3) is 0 Å². The standard InChI is InChI=1S/C28H32N4O3/c1-18-3-10-26(27(34)29-18)32-17-23-15-22(6-9-25(23)28(32)35)21-11-13-31(14-12-21)16-20-4-7-24(8-5-20)30-19(2)33/h4-9,15,21,26H,1,3,10-14,16-17H2,2H3,(H,29,34)(H,30,33). The fourth-order valence-electron chi connectivity index (χ4n) is 5.51. The van der Waals surface area contributed by atoms with Gasteiger partial charge < -0.3 is 15.5 Å². The Bertz CT molecular complexity index is 1170. The van der Waals surface area contributed by atoms with Gasteiger partial charge in [0.15, 0.2) is 0 Å². The number of rotatable bonds is 5. The molecule has 2 aromatic carbocycles. The van der Waals surface area contributed by atoms with Crippen molar-refractivity contribution in [1.82, 2.24) is 15.1 Å². The van der Waals surface area contributed by atoms with Crippen LogP contribution in [0.1, 0.15) is 65.6 Å². The van der Waals surface area contributed by atoms with Crippen LogP contribution in [0.5, 0.6) is 0 Å². The number of nitrogens with zero attached hydrogens (tertiary/aromatic N) is 2.